The van der Waals surface area contributed by atoms with Crippen LogP contribution in [-0.2, 0) is 4.74 Å². The fourth-order valence-corrected chi connectivity index (χ4v) is 1.96. The van der Waals surface area contributed by atoms with E-state index in [1.54, 1.807) is 12.1 Å². The molecule has 0 aliphatic carbocycles. The van der Waals surface area contributed by atoms with Gasteiger partial charge in [-0.3, -0.25) is 9.78 Å². The third-order valence-corrected chi connectivity index (χ3v) is 3.10. The Morgan fingerprint density at radius 3 is 2.57 bits per heavy atom. The van der Waals surface area contributed by atoms with Gasteiger partial charge in [0.05, 0.1) is 23.4 Å². The Bertz CT molecular complexity index is 684. The van der Waals surface area contributed by atoms with Crippen molar-refractivity contribution in [2.45, 2.75) is 6.92 Å². The van der Waals surface area contributed by atoms with Gasteiger partial charge in [-0.05, 0) is 36.8 Å². The second-order valence-corrected chi connectivity index (χ2v) is 4.77. The number of hydrogen-bond acceptors (Lipinski definition) is 4. The van der Waals surface area contributed by atoms with E-state index in [0.717, 1.165) is 5.56 Å². The number of hydrogen-bond donors (Lipinski definition) is 1. The lowest BCUT2D eigenvalue weighted by atomic mass is 10.2. The minimum atomic E-state index is -0.504. The SMILES string of the molecule is COC(=O)c1ccc(C(=O)Nc2ccc(C)cc2Cl)nc1. The number of benzene rings is 1. The van der Waals surface area contributed by atoms with Crippen LogP contribution >= 0.6 is 11.6 Å². The van der Waals surface area contributed by atoms with Gasteiger partial charge in [0.25, 0.3) is 5.91 Å². The number of ether oxygens (including phenoxy) is 1. The number of nitrogens with one attached hydrogen (secondary N) is 1. The minimum Gasteiger partial charge on any atom is -0.465 e. The van der Waals surface area contributed by atoms with Crippen molar-refractivity contribution in [3.63, 3.8) is 0 Å². The van der Waals surface area contributed by atoms with Crippen LogP contribution in [0.25, 0.3) is 0 Å². The molecule has 0 aliphatic rings. The van der Waals surface area contributed by atoms with Crippen LogP contribution in [0.15, 0.2) is 36.5 Å². The molecule has 108 valence electrons. The number of carbonyl (C=O) groups is 2. The summed E-state index contributed by atoms with van der Waals surface area (Å²) in [7, 11) is 1.28. The third kappa shape index (κ3) is 3.58. The number of aromatic nitrogens is 1. The number of anilines is 1. The van der Waals surface area contributed by atoms with Gasteiger partial charge in [0, 0.05) is 6.20 Å². The molecule has 0 radical (unpaired) electrons. The highest BCUT2D eigenvalue weighted by molar-refractivity contribution is 6.34. The fraction of sp³-hybridized carbons (Fsp3) is 0.133. The number of aryl methyl sites for hydroxylation is 1. The number of esters is 1. The van der Waals surface area contributed by atoms with Crippen molar-refractivity contribution in [3.8, 4) is 0 Å². The molecule has 6 heteroatoms. The summed E-state index contributed by atoms with van der Waals surface area (Å²) in [6.45, 7) is 1.91. The van der Waals surface area contributed by atoms with Crippen LogP contribution in [0, 0.1) is 6.92 Å². The van der Waals surface area contributed by atoms with Crippen LogP contribution in [0.4, 0.5) is 5.69 Å². The number of methoxy groups -OCH3 is 1. The predicted octanol–water partition coefficient (Wildman–Crippen LogP) is 3.08. The second-order valence-electron chi connectivity index (χ2n) is 4.36. The summed E-state index contributed by atoms with van der Waals surface area (Å²) in [4.78, 5) is 27.3. The van der Waals surface area contributed by atoms with Gasteiger partial charge in [-0.15, -0.1) is 0 Å². The molecule has 0 bridgehead atoms. The largest absolute Gasteiger partial charge is 0.465 e. The molecule has 0 fully saturated rings. The lowest BCUT2D eigenvalue weighted by Crippen LogP contribution is -2.14. The highest BCUT2D eigenvalue weighted by Crippen LogP contribution is 2.23. The van der Waals surface area contributed by atoms with Gasteiger partial charge in [-0.1, -0.05) is 17.7 Å². The summed E-state index contributed by atoms with van der Waals surface area (Å²) in [6.07, 6.45) is 1.29. The molecule has 1 heterocycles. The van der Waals surface area contributed by atoms with E-state index < -0.39 is 11.9 Å². The zero-order chi connectivity index (χ0) is 15.4. The quantitative estimate of drug-likeness (QED) is 0.885. The predicted molar refractivity (Wildman–Crippen MR) is 79.7 cm³/mol. The second kappa shape index (κ2) is 6.37. The Balaban J connectivity index is 2.15. The van der Waals surface area contributed by atoms with Gasteiger partial charge in [0.2, 0.25) is 0 Å². The van der Waals surface area contributed by atoms with Gasteiger partial charge in [-0.25, -0.2) is 4.79 Å². The van der Waals surface area contributed by atoms with Crippen molar-refractivity contribution in [3.05, 3.63) is 58.4 Å². The Morgan fingerprint density at radius 2 is 2.00 bits per heavy atom. The topological polar surface area (TPSA) is 68.3 Å². The molecule has 0 atom stereocenters. The zero-order valence-electron chi connectivity index (χ0n) is 11.5. The van der Waals surface area contributed by atoms with Crippen molar-refractivity contribution >= 4 is 29.2 Å². The fourth-order valence-electron chi connectivity index (χ4n) is 1.67. The lowest BCUT2D eigenvalue weighted by molar-refractivity contribution is 0.0600. The molecule has 21 heavy (non-hydrogen) atoms. The molecular weight excluding hydrogens is 292 g/mol. The Hall–Kier alpha value is -2.40. The van der Waals surface area contributed by atoms with Crippen LogP contribution in [0.1, 0.15) is 26.4 Å². The Labute approximate surface area is 126 Å². The van der Waals surface area contributed by atoms with Gasteiger partial charge in [0.15, 0.2) is 0 Å². The van der Waals surface area contributed by atoms with E-state index in [1.165, 1.54) is 25.4 Å². The van der Waals surface area contributed by atoms with Crippen molar-refractivity contribution in [2.75, 3.05) is 12.4 Å². The van der Waals surface area contributed by atoms with Crippen LogP contribution in [0.5, 0.6) is 0 Å². The summed E-state index contributed by atoms with van der Waals surface area (Å²) in [6, 6.07) is 8.24. The molecule has 0 saturated carbocycles. The van der Waals surface area contributed by atoms with Crippen LogP contribution in [0.2, 0.25) is 5.02 Å². The standard InChI is InChI=1S/C15H13ClN2O3/c1-9-3-5-12(11(16)7-9)18-14(19)13-6-4-10(8-17-13)15(20)21-2/h3-8H,1-2H3,(H,18,19). The van der Waals surface area contributed by atoms with Crippen molar-refractivity contribution in [2.24, 2.45) is 0 Å². The maximum atomic E-state index is 12.1. The van der Waals surface area contributed by atoms with E-state index in [0.29, 0.717) is 10.7 Å². The molecular formula is C15H13ClN2O3. The van der Waals surface area contributed by atoms with E-state index in [9.17, 15) is 9.59 Å². The maximum Gasteiger partial charge on any atom is 0.339 e. The molecule has 1 aromatic carbocycles. The van der Waals surface area contributed by atoms with Crippen LogP contribution < -0.4 is 5.32 Å². The van der Waals surface area contributed by atoms with Gasteiger partial charge < -0.3 is 10.1 Å². The van der Waals surface area contributed by atoms with Gasteiger partial charge in [0.1, 0.15) is 5.69 Å². The minimum absolute atomic E-state index is 0.180. The normalized spacial score (nSPS) is 10.0. The molecule has 1 amide bonds. The number of pyridine rings is 1. The molecule has 0 spiro atoms. The summed E-state index contributed by atoms with van der Waals surface area (Å²) in [5.41, 5.74) is 1.96. The monoisotopic (exact) mass is 304 g/mol. The van der Waals surface area contributed by atoms with Crippen LogP contribution in [-0.4, -0.2) is 24.0 Å². The first-order chi connectivity index (χ1) is 10.0. The molecule has 2 rings (SSSR count). The number of nitrogens with zero attached hydrogens (tertiary/aromatic N) is 1. The van der Waals surface area contributed by atoms with E-state index in [4.69, 9.17) is 11.6 Å². The van der Waals surface area contributed by atoms with Gasteiger partial charge in [-0.2, -0.15) is 0 Å². The number of amides is 1. The van der Waals surface area contributed by atoms with Crippen molar-refractivity contribution in [1.29, 1.82) is 0 Å². The lowest BCUT2D eigenvalue weighted by Gasteiger charge is -2.07. The summed E-state index contributed by atoms with van der Waals surface area (Å²) in [5, 5.41) is 3.12. The number of halogens is 1. The summed E-state index contributed by atoms with van der Waals surface area (Å²) >= 11 is 6.05. The average Bonchev–Trinajstić information content (AvgIpc) is 2.49. The van der Waals surface area contributed by atoms with Crippen molar-refractivity contribution in [1.82, 2.24) is 4.98 Å². The molecule has 0 unspecified atom stereocenters. The number of rotatable bonds is 3. The smallest absolute Gasteiger partial charge is 0.339 e. The molecule has 5 nitrogen and oxygen atoms in total. The summed E-state index contributed by atoms with van der Waals surface area (Å²) in [5.74, 6) is -0.909. The average molecular weight is 305 g/mol. The molecule has 1 aromatic heterocycles. The highest BCUT2D eigenvalue weighted by Gasteiger charge is 2.12. The first-order valence-electron chi connectivity index (χ1n) is 6.13. The highest BCUT2D eigenvalue weighted by atomic mass is 35.5. The van der Waals surface area contributed by atoms with E-state index in [2.05, 4.69) is 15.0 Å². The molecule has 2 aromatic rings. The van der Waals surface area contributed by atoms with E-state index in [1.807, 2.05) is 13.0 Å². The van der Waals surface area contributed by atoms with Crippen LogP contribution in [0.3, 0.4) is 0 Å². The zero-order valence-corrected chi connectivity index (χ0v) is 12.3. The Kier molecular flexibility index (Phi) is 4.55. The Morgan fingerprint density at radius 1 is 1.24 bits per heavy atom. The first-order valence-corrected chi connectivity index (χ1v) is 6.51. The van der Waals surface area contributed by atoms with E-state index >= 15 is 0 Å². The number of carbonyl (C=O) groups excluding carboxylic acids is 2. The first kappa shape index (κ1) is 15.0. The maximum absolute atomic E-state index is 12.1. The van der Waals surface area contributed by atoms with Gasteiger partial charge >= 0.3 is 5.97 Å². The molecule has 0 saturated heterocycles. The molecule has 0 aliphatic heterocycles. The van der Waals surface area contributed by atoms with E-state index in [-0.39, 0.29) is 11.3 Å². The molecule has 1 N–H and O–H groups in total. The third-order valence-electron chi connectivity index (χ3n) is 2.79. The van der Waals surface area contributed by atoms with Crippen molar-refractivity contribution < 1.29 is 14.3 Å². The summed E-state index contributed by atoms with van der Waals surface area (Å²) < 4.78 is 4.56.